The Morgan fingerprint density at radius 3 is 2.10 bits per heavy atom. The highest BCUT2D eigenvalue weighted by Crippen LogP contribution is 2.51. The van der Waals surface area contributed by atoms with Gasteiger partial charge in [0.15, 0.2) is 17.3 Å². The third-order valence-corrected chi connectivity index (χ3v) is 5.31. The van der Waals surface area contributed by atoms with Gasteiger partial charge in [-0.25, -0.2) is 0 Å². The van der Waals surface area contributed by atoms with Crippen molar-refractivity contribution in [3.8, 4) is 5.75 Å². The fourth-order valence-corrected chi connectivity index (χ4v) is 3.08. The summed E-state index contributed by atoms with van der Waals surface area (Å²) in [6.07, 6.45) is 0. The summed E-state index contributed by atoms with van der Waals surface area (Å²) in [4.78, 5) is 22.5. The number of methoxy groups -OCH3 is 1. The molecule has 1 aromatic carbocycles. The van der Waals surface area contributed by atoms with Gasteiger partial charge in [0.1, 0.15) is 5.75 Å². The maximum Gasteiger partial charge on any atom is 0.223 e. The van der Waals surface area contributed by atoms with Crippen LogP contribution in [0.4, 0.5) is 0 Å². The van der Waals surface area contributed by atoms with Crippen LogP contribution in [-0.4, -0.2) is 24.4 Å². The molecule has 0 spiro atoms. The van der Waals surface area contributed by atoms with Gasteiger partial charge in [-0.15, -0.1) is 0 Å². The summed E-state index contributed by atoms with van der Waals surface area (Å²) >= 11 is 9.55. The summed E-state index contributed by atoms with van der Waals surface area (Å²) in [5.74, 6) is -0.278. The Kier molecular flexibility index (Phi) is 5.92. The van der Waals surface area contributed by atoms with E-state index in [-0.39, 0.29) is 5.71 Å². The predicted molar refractivity (Wildman–Crippen MR) is 85.8 cm³/mol. The minimum atomic E-state index is -2.73. The number of ether oxygens (including phenoxy) is 1. The summed E-state index contributed by atoms with van der Waals surface area (Å²) in [5, 5.41) is 4.21. The van der Waals surface area contributed by atoms with Crippen LogP contribution < -0.4 is 10.0 Å². The Labute approximate surface area is 127 Å². The number of rotatable bonds is 6. The molecule has 1 atom stereocenters. The van der Waals surface area contributed by atoms with Crippen molar-refractivity contribution in [2.75, 3.05) is 7.11 Å². The molecule has 0 fully saturated rings. The van der Waals surface area contributed by atoms with Crippen LogP contribution in [0.1, 0.15) is 13.8 Å². The number of hydrogen-bond donors (Lipinski definition) is 1. The van der Waals surface area contributed by atoms with E-state index < -0.39 is 17.0 Å². The van der Waals surface area contributed by atoms with Crippen LogP contribution in [-0.2, 0) is 26.0 Å². The van der Waals surface area contributed by atoms with Crippen molar-refractivity contribution >= 4 is 52.1 Å². The summed E-state index contributed by atoms with van der Waals surface area (Å²) in [7, 11) is 1.55. The first kappa shape index (κ1) is 16.9. The highest BCUT2D eigenvalue weighted by molar-refractivity contribution is 8.64. The summed E-state index contributed by atoms with van der Waals surface area (Å²) in [6.45, 7) is 2.47. The number of Topliss-reactive ketones (excluding diaryl/α,β-unsaturated/α-hetero) is 2. The summed E-state index contributed by atoms with van der Waals surface area (Å²) in [5.41, 5.74) is -3.00. The number of carbonyl (C=O) groups excluding carboxylic acids is 2. The summed E-state index contributed by atoms with van der Waals surface area (Å²) in [6, 6.07) is 6.86. The number of hydrogen-bond acceptors (Lipinski definition) is 6. The molecule has 1 unspecified atom stereocenters. The van der Waals surface area contributed by atoms with E-state index in [4.69, 9.17) is 21.2 Å². The number of ketones is 2. The molecule has 108 valence electrons. The van der Waals surface area contributed by atoms with Gasteiger partial charge in [-0.2, -0.15) is 0 Å². The Hall–Kier alpha value is -1.17. The molecular formula is C12H14NO4PS2. The SMILES string of the molecule is COc1ccc(P(=S)(S)ON=C(C(C)=O)C(C)=O)cc1. The lowest BCUT2D eigenvalue weighted by Crippen LogP contribution is -2.19. The average Bonchev–Trinajstić information content (AvgIpc) is 2.38. The maximum atomic E-state index is 11.2. The molecule has 0 saturated carbocycles. The van der Waals surface area contributed by atoms with Gasteiger partial charge < -0.3 is 9.36 Å². The summed E-state index contributed by atoms with van der Waals surface area (Å²) < 4.78 is 10.2. The van der Waals surface area contributed by atoms with E-state index in [1.165, 1.54) is 13.8 Å². The van der Waals surface area contributed by atoms with Crippen LogP contribution in [0.2, 0.25) is 0 Å². The van der Waals surface area contributed by atoms with Crippen LogP contribution in [0.5, 0.6) is 5.75 Å². The lowest BCUT2D eigenvalue weighted by atomic mass is 10.2. The first-order chi connectivity index (χ1) is 9.27. The average molecular weight is 331 g/mol. The molecule has 0 aromatic heterocycles. The Balaban J connectivity index is 2.99. The van der Waals surface area contributed by atoms with E-state index in [1.54, 1.807) is 31.4 Å². The molecule has 0 saturated heterocycles. The molecule has 5 nitrogen and oxygen atoms in total. The van der Waals surface area contributed by atoms with Gasteiger partial charge in [0.25, 0.3) is 0 Å². The van der Waals surface area contributed by atoms with Crippen LogP contribution in [0, 0.1) is 0 Å². The molecule has 0 bridgehead atoms. The van der Waals surface area contributed by atoms with Crippen molar-refractivity contribution in [1.82, 2.24) is 0 Å². The lowest BCUT2D eigenvalue weighted by Gasteiger charge is -2.14. The van der Waals surface area contributed by atoms with Gasteiger partial charge >= 0.3 is 0 Å². The fourth-order valence-electron chi connectivity index (χ4n) is 1.29. The van der Waals surface area contributed by atoms with Crippen LogP contribution in [0.25, 0.3) is 0 Å². The molecule has 0 heterocycles. The van der Waals surface area contributed by atoms with Crippen molar-refractivity contribution in [1.29, 1.82) is 0 Å². The largest absolute Gasteiger partial charge is 0.497 e. The van der Waals surface area contributed by atoms with Crippen molar-refractivity contribution in [2.45, 2.75) is 13.8 Å². The lowest BCUT2D eigenvalue weighted by molar-refractivity contribution is -0.115. The van der Waals surface area contributed by atoms with E-state index in [1.807, 2.05) is 0 Å². The van der Waals surface area contributed by atoms with Gasteiger partial charge in [0.2, 0.25) is 5.47 Å². The second-order valence-electron chi connectivity index (χ2n) is 3.85. The topological polar surface area (TPSA) is 65.0 Å². The Morgan fingerprint density at radius 2 is 1.70 bits per heavy atom. The fraction of sp³-hybridized carbons (Fsp3) is 0.250. The molecule has 8 heteroatoms. The molecule has 0 aliphatic heterocycles. The van der Waals surface area contributed by atoms with Gasteiger partial charge in [-0.3, -0.25) is 9.59 Å². The normalized spacial score (nSPS) is 13.0. The number of nitrogens with zero attached hydrogens (tertiary/aromatic N) is 1. The quantitative estimate of drug-likeness (QED) is 0.284. The maximum absolute atomic E-state index is 11.2. The Bertz CT molecular complexity index is 582. The van der Waals surface area contributed by atoms with Gasteiger partial charge in [-0.05, 0) is 36.1 Å². The van der Waals surface area contributed by atoms with Crippen molar-refractivity contribution < 1.29 is 19.0 Å². The van der Waals surface area contributed by atoms with Gasteiger partial charge in [-0.1, -0.05) is 17.4 Å². The number of benzene rings is 1. The monoisotopic (exact) mass is 331 g/mol. The van der Waals surface area contributed by atoms with E-state index in [0.717, 1.165) is 0 Å². The zero-order valence-electron chi connectivity index (χ0n) is 11.2. The van der Waals surface area contributed by atoms with Crippen LogP contribution >= 0.6 is 17.7 Å². The molecular weight excluding hydrogens is 317 g/mol. The van der Waals surface area contributed by atoms with Gasteiger partial charge in [0, 0.05) is 19.2 Å². The van der Waals surface area contributed by atoms with Crippen molar-refractivity contribution in [2.24, 2.45) is 5.16 Å². The van der Waals surface area contributed by atoms with Crippen molar-refractivity contribution in [3.05, 3.63) is 24.3 Å². The molecule has 0 radical (unpaired) electrons. The first-order valence-corrected chi connectivity index (χ1v) is 9.41. The third kappa shape index (κ3) is 4.44. The first-order valence-electron chi connectivity index (χ1n) is 5.54. The number of thiol groups is 1. The van der Waals surface area contributed by atoms with E-state index >= 15 is 0 Å². The van der Waals surface area contributed by atoms with Crippen LogP contribution in [0.3, 0.4) is 0 Å². The van der Waals surface area contributed by atoms with E-state index in [9.17, 15) is 9.59 Å². The number of carbonyl (C=O) groups is 2. The molecule has 1 rings (SSSR count). The minimum absolute atomic E-state index is 0.276. The minimum Gasteiger partial charge on any atom is -0.497 e. The smallest absolute Gasteiger partial charge is 0.223 e. The second kappa shape index (κ2) is 7.02. The molecule has 0 amide bonds. The molecule has 20 heavy (non-hydrogen) atoms. The molecule has 0 aliphatic rings. The zero-order valence-corrected chi connectivity index (χ0v) is 13.8. The van der Waals surface area contributed by atoms with E-state index in [0.29, 0.717) is 11.1 Å². The molecule has 0 N–H and O–H groups in total. The molecule has 1 aromatic rings. The Morgan fingerprint density at radius 1 is 1.20 bits per heavy atom. The standard InChI is InChI=1S/C12H14NO4PS2/c1-8(14)12(9(2)15)13-17-18(19,20)11-6-4-10(16-3)5-7-11/h4-7H,1-3H3,(H,19,20). The zero-order chi connectivity index (χ0) is 15.3. The van der Waals surface area contributed by atoms with Crippen LogP contribution in [0.15, 0.2) is 29.4 Å². The third-order valence-electron chi connectivity index (χ3n) is 2.31. The molecule has 0 aliphatic carbocycles. The highest BCUT2D eigenvalue weighted by atomic mass is 32.9. The number of oxime groups is 1. The highest BCUT2D eigenvalue weighted by Gasteiger charge is 2.19. The van der Waals surface area contributed by atoms with Gasteiger partial charge in [0.05, 0.1) is 7.11 Å². The second-order valence-corrected chi connectivity index (χ2v) is 9.62. The predicted octanol–water partition coefficient (Wildman–Crippen LogP) is 2.11. The van der Waals surface area contributed by atoms with Crippen molar-refractivity contribution in [3.63, 3.8) is 0 Å². The van der Waals surface area contributed by atoms with E-state index in [2.05, 4.69) is 17.4 Å².